The molecule has 29 heavy (non-hydrogen) atoms. The molecule has 2 rings (SSSR count). The molecule has 1 amide bonds. The molecule has 0 saturated carbocycles. The molecule has 0 spiro atoms. The Kier molecular flexibility index (Phi) is 8.04. The normalized spacial score (nSPS) is 15.4. The number of sulfonamides is 1. The molecule has 0 bridgehead atoms. The molecule has 0 N–H and O–H groups in total. The average molecular weight is 427 g/mol. The molecule has 162 valence electrons. The van der Waals surface area contributed by atoms with Crippen LogP contribution >= 0.6 is 0 Å². The summed E-state index contributed by atoms with van der Waals surface area (Å²) >= 11 is 0. The van der Waals surface area contributed by atoms with E-state index >= 15 is 0 Å². The van der Waals surface area contributed by atoms with Gasteiger partial charge in [-0.05, 0) is 57.4 Å². The van der Waals surface area contributed by atoms with Crippen LogP contribution in [0.1, 0.15) is 32.3 Å². The molecular formula is C20H30N2O6S. The Balaban J connectivity index is 1.98. The number of nitrogens with zero attached hydrogens (tertiary/aromatic N) is 2. The summed E-state index contributed by atoms with van der Waals surface area (Å²) in [6.07, 6.45) is 1.05. The maximum Gasteiger partial charge on any atom is 0.309 e. The minimum Gasteiger partial charge on any atom is -0.494 e. The number of amides is 1. The SMILES string of the molecule is CCOC(=O)C1CCN(C(=O)CN(C)S(=O)(=O)c2ccc(OCC)c(C)c2)CC1. The van der Waals surface area contributed by atoms with Gasteiger partial charge in [0.05, 0.1) is 30.6 Å². The third-order valence-corrected chi connectivity index (χ3v) is 6.78. The summed E-state index contributed by atoms with van der Waals surface area (Å²) in [6.45, 7) is 6.82. The van der Waals surface area contributed by atoms with Crippen LogP contribution in [0.25, 0.3) is 0 Å². The first kappa shape index (κ1) is 23.2. The number of likely N-dealkylation sites (N-methyl/N-ethyl adjacent to an activating group) is 1. The van der Waals surface area contributed by atoms with Crippen LogP contribution < -0.4 is 4.74 Å². The molecular weight excluding hydrogens is 396 g/mol. The van der Waals surface area contributed by atoms with E-state index in [0.717, 1.165) is 4.31 Å². The number of rotatable bonds is 8. The van der Waals surface area contributed by atoms with Crippen LogP contribution in [-0.2, 0) is 24.3 Å². The average Bonchev–Trinajstić information content (AvgIpc) is 2.69. The van der Waals surface area contributed by atoms with E-state index in [9.17, 15) is 18.0 Å². The van der Waals surface area contributed by atoms with Gasteiger partial charge < -0.3 is 14.4 Å². The van der Waals surface area contributed by atoms with E-state index in [1.807, 2.05) is 6.92 Å². The predicted molar refractivity (Wildman–Crippen MR) is 108 cm³/mol. The first-order chi connectivity index (χ1) is 13.7. The summed E-state index contributed by atoms with van der Waals surface area (Å²) in [7, 11) is -2.41. The quantitative estimate of drug-likeness (QED) is 0.589. The van der Waals surface area contributed by atoms with Crippen LogP contribution in [0, 0.1) is 12.8 Å². The van der Waals surface area contributed by atoms with E-state index in [0.29, 0.717) is 50.5 Å². The largest absolute Gasteiger partial charge is 0.494 e. The third-order valence-electron chi connectivity index (χ3n) is 4.98. The first-order valence-corrected chi connectivity index (χ1v) is 11.3. The number of likely N-dealkylation sites (tertiary alicyclic amines) is 1. The fourth-order valence-electron chi connectivity index (χ4n) is 3.28. The second kappa shape index (κ2) is 10.1. The Morgan fingerprint density at radius 2 is 1.83 bits per heavy atom. The number of hydrogen-bond acceptors (Lipinski definition) is 6. The third kappa shape index (κ3) is 5.70. The Bertz CT molecular complexity index is 831. The highest BCUT2D eigenvalue weighted by Gasteiger charge is 2.30. The molecule has 0 aliphatic carbocycles. The van der Waals surface area contributed by atoms with Crippen molar-refractivity contribution in [2.45, 2.75) is 38.5 Å². The molecule has 1 aromatic rings. The van der Waals surface area contributed by atoms with Crippen LogP contribution in [0.4, 0.5) is 0 Å². The van der Waals surface area contributed by atoms with Crippen molar-refractivity contribution in [3.8, 4) is 5.75 Å². The molecule has 9 heteroatoms. The molecule has 8 nitrogen and oxygen atoms in total. The number of piperidine rings is 1. The highest BCUT2D eigenvalue weighted by atomic mass is 32.2. The standard InChI is InChI=1S/C20H30N2O6S/c1-5-27-18-8-7-17(13-15(18)3)29(25,26)21(4)14-19(23)22-11-9-16(10-12-22)20(24)28-6-2/h7-8,13,16H,5-6,9-12,14H2,1-4H3. The zero-order chi connectivity index (χ0) is 21.6. The van der Waals surface area contributed by atoms with Gasteiger partial charge in [0, 0.05) is 20.1 Å². The van der Waals surface area contributed by atoms with Crippen molar-refractivity contribution in [1.82, 2.24) is 9.21 Å². The van der Waals surface area contributed by atoms with Gasteiger partial charge in [-0.15, -0.1) is 0 Å². The van der Waals surface area contributed by atoms with Crippen LogP contribution in [0.15, 0.2) is 23.1 Å². The van der Waals surface area contributed by atoms with Gasteiger partial charge >= 0.3 is 5.97 Å². The molecule has 1 heterocycles. The van der Waals surface area contributed by atoms with Crippen molar-refractivity contribution in [3.63, 3.8) is 0 Å². The molecule has 1 aliphatic rings. The zero-order valence-electron chi connectivity index (χ0n) is 17.5. The van der Waals surface area contributed by atoms with Crippen molar-refractivity contribution < 1.29 is 27.5 Å². The van der Waals surface area contributed by atoms with Gasteiger partial charge in [-0.25, -0.2) is 8.42 Å². The predicted octanol–water partition coefficient (Wildman–Crippen LogP) is 1.82. The highest BCUT2D eigenvalue weighted by molar-refractivity contribution is 7.89. The number of carbonyl (C=O) groups is 2. The van der Waals surface area contributed by atoms with Crippen molar-refractivity contribution in [2.24, 2.45) is 5.92 Å². The molecule has 0 atom stereocenters. The van der Waals surface area contributed by atoms with E-state index in [1.165, 1.54) is 13.1 Å². The van der Waals surface area contributed by atoms with Crippen molar-refractivity contribution >= 4 is 21.9 Å². The number of hydrogen-bond donors (Lipinski definition) is 0. The zero-order valence-corrected chi connectivity index (χ0v) is 18.3. The fourth-order valence-corrected chi connectivity index (χ4v) is 4.49. The van der Waals surface area contributed by atoms with Crippen LogP contribution in [0.5, 0.6) is 5.75 Å². The lowest BCUT2D eigenvalue weighted by atomic mass is 9.97. The molecule has 0 radical (unpaired) electrons. The summed E-state index contributed by atoms with van der Waals surface area (Å²) in [5.74, 6) is -0.0758. The summed E-state index contributed by atoms with van der Waals surface area (Å²) in [5.41, 5.74) is 0.716. The van der Waals surface area contributed by atoms with Gasteiger partial charge in [0.2, 0.25) is 15.9 Å². The van der Waals surface area contributed by atoms with Gasteiger partial charge in [-0.2, -0.15) is 4.31 Å². The Hall–Kier alpha value is -2.13. The molecule has 1 aromatic carbocycles. The maximum absolute atomic E-state index is 12.8. The summed E-state index contributed by atoms with van der Waals surface area (Å²) in [5, 5.41) is 0. The lowest BCUT2D eigenvalue weighted by Crippen LogP contribution is -2.45. The molecule has 1 fully saturated rings. The topological polar surface area (TPSA) is 93.2 Å². The monoisotopic (exact) mass is 426 g/mol. The lowest BCUT2D eigenvalue weighted by Gasteiger charge is -2.32. The molecule has 1 aliphatic heterocycles. The Morgan fingerprint density at radius 3 is 2.38 bits per heavy atom. The summed E-state index contributed by atoms with van der Waals surface area (Å²) in [6, 6.07) is 4.66. The Labute approximate surface area is 172 Å². The van der Waals surface area contributed by atoms with Crippen LogP contribution in [-0.4, -0.2) is 69.4 Å². The van der Waals surface area contributed by atoms with Gasteiger partial charge in [0.15, 0.2) is 0 Å². The Morgan fingerprint density at radius 1 is 1.17 bits per heavy atom. The van der Waals surface area contributed by atoms with Gasteiger partial charge in [-0.1, -0.05) is 0 Å². The minimum atomic E-state index is -3.80. The van der Waals surface area contributed by atoms with Crippen molar-refractivity contribution in [3.05, 3.63) is 23.8 Å². The number of ether oxygens (including phenoxy) is 2. The van der Waals surface area contributed by atoms with Gasteiger partial charge in [-0.3, -0.25) is 9.59 Å². The molecule has 0 aromatic heterocycles. The van der Waals surface area contributed by atoms with Crippen LogP contribution in [0.3, 0.4) is 0 Å². The number of carbonyl (C=O) groups excluding carboxylic acids is 2. The maximum atomic E-state index is 12.8. The van der Waals surface area contributed by atoms with E-state index in [4.69, 9.17) is 9.47 Å². The fraction of sp³-hybridized carbons (Fsp3) is 0.600. The summed E-state index contributed by atoms with van der Waals surface area (Å²) in [4.78, 5) is 26.1. The van der Waals surface area contributed by atoms with Crippen molar-refractivity contribution in [1.29, 1.82) is 0 Å². The summed E-state index contributed by atoms with van der Waals surface area (Å²) < 4.78 is 37.2. The smallest absolute Gasteiger partial charge is 0.309 e. The number of benzene rings is 1. The minimum absolute atomic E-state index is 0.120. The number of aryl methyl sites for hydroxylation is 1. The second-order valence-electron chi connectivity index (χ2n) is 7.03. The van der Waals surface area contributed by atoms with E-state index < -0.39 is 10.0 Å². The highest BCUT2D eigenvalue weighted by Crippen LogP contribution is 2.24. The first-order valence-electron chi connectivity index (χ1n) is 9.84. The van der Waals surface area contributed by atoms with Crippen LogP contribution in [0.2, 0.25) is 0 Å². The lowest BCUT2D eigenvalue weighted by molar-refractivity contribution is -0.151. The van der Waals surface area contributed by atoms with E-state index in [-0.39, 0.29) is 29.2 Å². The molecule has 1 saturated heterocycles. The van der Waals surface area contributed by atoms with E-state index in [1.54, 1.807) is 30.9 Å². The second-order valence-corrected chi connectivity index (χ2v) is 9.07. The van der Waals surface area contributed by atoms with Gasteiger partial charge in [0.25, 0.3) is 0 Å². The molecule has 0 unspecified atom stereocenters. The van der Waals surface area contributed by atoms with Gasteiger partial charge in [0.1, 0.15) is 5.75 Å². The van der Waals surface area contributed by atoms with E-state index in [2.05, 4.69) is 0 Å². The number of esters is 1. The van der Waals surface area contributed by atoms with Crippen molar-refractivity contribution in [2.75, 3.05) is 39.9 Å².